The van der Waals surface area contributed by atoms with E-state index in [1.165, 1.54) is 0 Å². The largest absolute Gasteiger partial charge is 0.490 e. The molecule has 0 saturated carbocycles. The van der Waals surface area contributed by atoms with Gasteiger partial charge < -0.3 is 30.7 Å². The molecule has 35 heavy (non-hydrogen) atoms. The van der Waals surface area contributed by atoms with Crippen molar-refractivity contribution in [1.82, 2.24) is 0 Å². The number of carboxylic acid groups (broad SMARTS) is 2. The van der Waals surface area contributed by atoms with E-state index < -0.39 is 18.0 Å². The lowest BCUT2D eigenvalue weighted by Gasteiger charge is -2.19. The molecule has 0 aliphatic carbocycles. The standard InChI is InChI=1S/C24H25N3O4.C2H4O2/c1-2-30-21-14-18(10-13-20(21)31-15-16-6-4-3-5-7-16)22(24(28)29)27-19-11-8-17(9-12-19)23(25)26;1-2(3)4/h3-14,22,27H,2,15H2,1H3,(H3,25,26)(H,28,29);1H3,(H,3,4). The first-order chi connectivity index (χ1) is 16.7. The van der Waals surface area contributed by atoms with Crippen molar-refractivity contribution in [3.63, 3.8) is 0 Å². The van der Waals surface area contributed by atoms with Crippen LogP contribution in [0.15, 0.2) is 72.8 Å². The zero-order chi connectivity index (χ0) is 25.8. The average molecular weight is 480 g/mol. The van der Waals surface area contributed by atoms with Crippen molar-refractivity contribution in [1.29, 1.82) is 5.41 Å². The number of amidine groups is 1. The second-order valence-electron chi connectivity index (χ2n) is 7.34. The van der Waals surface area contributed by atoms with E-state index in [9.17, 15) is 9.90 Å². The fourth-order valence-corrected chi connectivity index (χ4v) is 3.03. The normalized spacial score (nSPS) is 10.8. The molecule has 0 aliphatic rings. The zero-order valence-corrected chi connectivity index (χ0v) is 19.5. The Morgan fingerprint density at radius 2 is 1.60 bits per heavy atom. The topological polar surface area (TPSA) is 155 Å². The predicted octanol–water partition coefficient (Wildman–Crippen LogP) is 4.28. The smallest absolute Gasteiger partial charge is 0.330 e. The number of carboxylic acids is 2. The summed E-state index contributed by atoms with van der Waals surface area (Å²) in [6.07, 6.45) is 0. The molecule has 0 heterocycles. The highest BCUT2D eigenvalue weighted by molar-refractivity contribution is 5.95. The van der Waals surface area contributed by atoms with Crippen LogP contribution in [0.1, 0.15) is 36.6 Å². The van der Waals surface area contributed by atoms with E-state index in [1.807, 2.05) is 37.3 Å². The molecule has 3 aromatic carbocycles. The van der Waals surface area contributed by atoms with Gasteiger partial charge >= 0.3 is 5.97 Å². The van der Waals surface area contributed by atoms with Crippen LogP contribution in [0.5, 0.6) is 11.5 Å². The Bertz CT molecular complexity index is 1130. The number of nitrogens with two attached hydrogens (primary N) is 1. The number of nitrogens with one attached hydrogen (secondary N) is 2. The minimum Gasteiger partial charge on any atom is -0.490 e. The molecule has 0 aromatic heterocycles. The van der Waals surface area contributed by atoms with Crippen LogP contribution in [0.3, 0.4) is 0 Å². The summed E-state index contributed by atoms with van der Waals surface area (Å²) in [7, 11) is 0. The monoisotopic (exact) mass is 479 g/mol. The van der Waals surface area contributed by atoms with E-state index in [-0.39, 0.29) is 5.84 Å². The number of rotatable bonds is 10. The summed E-state index contributed by atoms with van der Waals surface area (Å²) >= 11 is 0. The number of hydrogen-bond acceptors (Lipinski definition) is 6. The van der Waals surface area contributed by atoms with Crippen molar-refractivity contribution in [3.8, 4) is 11.5 Å². The summed E-state index contributed by atoms with van der Waals surface area (Å²) in [5.41, 5.74) is 8.18. The highest BCUT2D eigenvalue weighted by Crippen LogP contribution is 2.32. The molecule has 9 heteroatoms. The van der Waals surface area contributed by atoms with Gasteiger partial charge in [-0.15, -0.1) is 0 Å². The molecular formula is C26H29N3O6. The molecule has 0 aliphatic heterocycles. The van der Waals surface area contributed by atoms with Crippen LogP contribution in [0, 0.1) is 5.41 Å². The maximum atomic E-state index is 12.0. The van der Waals surface area contributed by atoms with E-state index in [1.54, 1.807) is 42.5 Å². The molecule has 0 radical (unpaired) electrons. The third-order valence-electron chi connectivity index (χ3n) is 4.59. The van der Waals surface area contributed by atoms with Crippen LogP contribution in [0.2, 0.25) is 0 Å². The third kappa shape index (κ3) is 8.73. The molecular weight excluding hydrogens is 450 g/mol. The second-order valence-corrected chi connectivity index (χ2v) is 7.34. The van der Waals surface area contributed by atoms with E-state index in [4.69, 9.17) is 30.5 Å². The van der Waals surface area contributed by atoms with Crippen molar-refractivity contribution in [2.24, 2.45) is 5.73 Å². The van der Waals surface area contributed by atoms with Gasteiger partial charge in [0.15, 0.2) is 17.5 Å². The van der Waals surface area contributed by atoms with E-state index in [2.05, 4.69) is 5.32 Å². The molecule has 0 bridgehead atoms. The van der Waals surface area contributed by atoms with E-state index in [0.29, 0.717) is 41.5 Å². The van der Waals surface area contributed by atoms with Crippen LogP contribution in [0.4, 0.5) is 5.69 Å². The summed E-state index contributed by atoms with van der Waals surface area (Å²) in [6.45, 7) is 3.74. The molecule has 1 unspecified atom stereocenters. The minimum atomic E-state index is -1.03. The van der Waals surface area contributed by atoms with Crippen LogP contribution in [0.25, 0.3) is 0 Å². The van der Waals surface area contributed by atoms with Gasteiger partial charge in [-0.05, 0) is 54.4 Å². The lowest BCUT2D eigenvalue weighted by atomic mass is 10.1. The average Bonchev–Trinajstić information content (AvgIpc) is 2.82. The molecule has 0 fully saturated rings. The Morgan fingerprint density at radius 1 is 0.971 bits per heavy atom. The van der Waals surface area contributed by atoms with Crippen molar-refractivity contribution in [3.05, 3.63) is 89.5 Å². The van der Waals surface area contributed by atoms with Crippen molar-refractivity contribution in [2.75, 3.05) is 11.9 Å². The number of benzene rings is 3. The molecule has 3 aromatic rings. The number of carbonyl (C=O) groups is 2. The number of nitrogen functional groups attached to an aromatic ring is 1. The Kier molecular flexibility index (Phi) is 10.1. The SMILES string of the molecule is CC(=O)O.CCOc1cc(C(Nc2ccc(C(=N)N)cc2)C(=O)O)ccc1OCc1ccccc1. The van der Waals surface area contributed by atoms with Crippen LogP contribution < -0.4 is 20.5 Å². The van der Waals surface area contributed by atoms with Gasteiger partial charge in [-0.25, -0.2) is 4.79 Å². The Labute approximate surface area is 203 Å². The lowest BCUT2D eigenvalue weighted by molar-refractivity contribution is -0.138. The zero-order valence-electron chi connectivity index (χ0n) is 19.5. The van der Waals surface area contributed by atoms with Gasteiger partial charge in [0.1, 0.15) is 12.4 Å². The first-order valence-corrected chi connectivity index (χ1v) is 10.8. The molecule has 3 rings (SSSR count). The molecule has 6 N–H and O–H groups in total. The van der Waals surface area contributed by atoms with Crippen LogP contribution in [-0.2, 0) is 16.2 Å². The van der Waals surface area contributed by atoms with Gasteiger partial charge in [0.2, 0.25) is 0 Å². The molecule has 0 spiro atoms. The summed E-state index contributed by atoms with van der Waals surface area (Å²) in [5, 5.41) is 27.7. The van der Waals surface area contributed by atoms with Gasteiger partial charge in [0.25, 0.3) is 5.97 Å². The summed E-state index contributed by atoms with van der Waals surface area (Å²) in [6, 6.07) is 20.6. The van der Waals surface area contributed by atoms with Gasteiger partial charge in [-0.3, -0.25) is 10.2 Å². The Morgan fingerprint density at radius 3 is 2.14 bits per heavy atom. The fraction of sp³-hybridized carbons (Fsp3) is 0.192. The van der Waals surface area contributed by atoms with Gasteiger partial charge in [-0.2, -0.15) is 0 Å². The molecule has 1 atom stereocenters. The van der Waals surface area contributed by atoms with Crippen molar-refractivity contribution < 1.29 is 29.3 Å². The van der Waals surface area contributed by atoms with Gasteiger partial charge in [-0.1, -0.05) is 36.4 Å². The number of anilines is 1. The van der Waals surface area contributed by atoms with Crippen LogP contribution in [-0.4, -0.2) is 34.6 Å². The first-order valence-electron chi connectivity index (χ1n) is 10.8. The number of aliphatic carboxylic acids is 2. The summed E-state index contributed by atoms with van der Waals surface area (Å²) < 4.78 is 11.6. The predicted molar refractivity (Wildman–Crippen MR) is 133 cm³/mol. The summed E-state index contributed by atoms with van der Waals surface area (Å²) in [5.74, 6) is -0.884. The van der Waals surface area contributed by atoms with E-state index in [0.717, 1.165) is 12.5 Å². The van der Waals surface area contributed by atoms with Gasteiger partial charge in [0, 0.05) is 18.2 Å². The van der Waals surface area contributed by atoms with Crippen LogP contribution >= 0.6 is 0 Å². The first kappa shape index (κ1) is 26.7. The van der Waals surface area contributed by atoms with Gasteiger partial charge in [0.05, 0.1) is 6.61 Å². The fourth-order valence-electron chi connectivity index (χ4n) is 3.03. The Balaban J connectivity index is 0.00000100. The van der Waals surface area contributed by atoms with E-state index >= 15 is 0 Å². The highest BCUT2D eigenvalue weighted by atomic mass is 16.5. The summed E-state index contributed by atoms with van der Waals surface area (Å²) in [4.78, 5) is 21.0. The van der Waals surface area contributed by atoms with Crippen molar-refractivity contribution in [2.45, 2.75) is 26.5 Å². The second kappa shape index (κ2) is 13.2. The maximum absolute atomic E-state index is 12.0. The molecule has 184 valence electrons. The Hall–Kier alpha value is -4.53. The van der Waals surface area contributed by atoms with Crippen molar-refractivity contribution >= 4 is 23.5 Å². The molecule has 0 saturated heterocycles. The molecule has 0 amide bonds. The minimum absolute atomic E-state index is 0.0474. The number of ether oxygens (including phenoxy) is 2. The quantitative estimate of drug-likeness (QED) is 0.213. The maximum Gasteiger partial charge on any atom is 0.330 e. The lowest BCUT2D eigenvalue weighted by Crippen LogP contribution is -2.21. The molecule has 9 nitrogen and oxygen atoms in total. The number of hydrogen-bond donors (Lipinski definition) is 5. The highest BCUT2D eigenvalue weighted by Gasteiger charge is 2.22. The third-order valence-corrected chi connectivity index (χ3v) is 4.59.